The van der Waals surface area contributed by atoms with Crippen LogP contribution in [0.4, 0.5) is 22.7 Å². The fourth-order valence-electron chi connectivity index (χ4n) is 8.25. The van der Waals surface area contributed by atoms with Gasteiger partial charge in [0.05, 0.1) is 0 Å². The van der Waals surface area contributed by atoms with Gasteiger partial charge in [0.2, 0.25) is 0 Å². The van der Waals surface area contributed by atoms with E-state index in [0.717, 1.165) is 44.7 Å². The molecule has 8 aromatic rings. The smallest absolute Gasteiger partial charge is 0.135 e. The summed E-state index contributed by atoms with van der Waals surface area (Å²) >= 11 is 0. The van der Waals surface area contributed by atoms with Gasteiger partial charge < -0.3 is 19.1 Å². The maximum absolute atomic E-state index is 6.63. The van der Waals surface area contributed by atoms with Gasteiger partial charge in [-0.3, -0.25) is 0 Å². The van der Waals surface area contributed by atoms with Crippen LogP contribution in [-0.2, 0) is 37.3 Å². The molecular formula is C54H51N4OPt-3. The average molecular weight is 967 g/mol. The van der Waals surface area contributed by atoms with Crippen LogP contribution in [0, 0.1) is 18.8 Å². The van der Waals surface area contributed by atoms with Crippen molar-refractivity contribution in [1.82, 2.24) is 9.55 Å². The van der Waals surface area contributed by atoms with E-state index < -0.39 is 0 Å². The van der Waals surface area contributed by atoms with E-state index in [9.17, 15) is 0 Å². The molecule has 6 heteroatoms. The number of nitrogens with zero attached hydrogens (tertiary/aromatic N) is 4. The minimum atomic E-state index is -0.134. The molecular weight excluding hydrogens is 916 g/mol. The second-order valence-corrected chi connectivity index (χ2v) is 18.7. The number of anilines is 4. The van der Waals surface area contributed by atoms with Crippen LogP contribution in [0.25, 0.3) is 38.8 Å². The van der Waals surface area contributed by atoms with Crippen molar-refractivity contribution < 1.29 is 25.8 Å². The van der Waals surface area contributed by atoms with Crippen molar-refractivity contribution in [2.75, 3.05) is 9.80 Å². The first-order valence-electron chi connectivity index (χ1n) is 20.5. The molecule has 3 heterocycles. The third kappa shape index (κ3) is 7.54. The number of hydrogen-bond donors (Lipinski definition) is 0. The summed E-state index contributed by atoms with van der Waals surface area (Å²) in [5, 5.41) is 2.24. The van der Waals surface area contributed by atoms with Gasteiger partial charge in [-0.05, 0) is 91.9 Å². The van der Waals surface area contributed by atoms with Crippen LogP contribution >= 0.6 is 0 Å². The molecule has 6 aromatic carbocycles. The number of aromatic nitrogens is 2. The van der Waals surface area contributed by atoms with Crippen LogP contribution in [0.5, 0.6) is 11.5 Å². The summed E-state index contributed by atoms with van der Waals surface area (Å²) in [6.45, 7) is 22.8. The first kappa shape index (κ1) is 41.1. The van der Waals surface area contributed by atoms with E-state index in [2.05, 4.69) is 211 Å². The Morgan fingerprint density at radius 3 is 1.87 bits per heavy atom. The second-order valence-electron chi connectivity index (χ2n) is 18.7. The molecule has 0 saturated heterocycles. The Morgan fingerprint density at radius 1 is 0.550 bits per heavy atom. The average Bonchev–Trinajstić information content (AvgIpc) is 3.76. The van der Waals surface area contributed by atoms with Crippen molar-refractivity contribution in [1.29, 1.82) is 0 Å². The first-order chi connectivity index (χ1) is 28.1. The Bertz CT molecular complexity index is 2820. The number of pyridine rings is 1. The summed E-state index contributed by atoms with van der Waals surface area (Å²) in [5.41, 5.74) is 12.3. The minimum absolute atomic E-state index is 0. The van der Waals surface area contributed by atoms with Crippen LogP contribution in [-0.4, -0.2) is 9.55 Å². The molecule has 0 fully saturated rings. The van der Waals surface area contributed by atoms with Gasteiger partial charge in [0.1, 0.15) is 5.82 Å². The topological polar surface area (TPSA) is 33.5 Å². The fourth-order valence-corrected chi connectivity index (χ4v) is 8.25. The van der Waals surface area contributed by atoms with E-state index in [1.807, 2.05) is 24.4 Å². The van der Waals surface area contributed by atoms with Gasteiger partial charge in [-0.2, -0.15) is 12.1 Å². The zero-order valence-electron chi connectivity index (χ0n) is 35.9. The molecule has 0 aliphatic carbocycles. The van der Waals surface area contributed by atoms with E-state index in [-0.39, 0.29) is 37.3 Å². The Balaban J connectivity index is 0.00000499. The standard InChI is InChI=1S/C54H51N4O.Pt/c1-52(2,3)38-28-29-55-50(32-38)58-46-23-14-13-22-42(46)43-27-26-41(34-49(43)58)59-40-21-17-20-39(33-40)56-35-57(48-25-16-15-24-47(48)56)51-44(53(4,5)6)30-37(31-45(51)54(7,8)9)36-18-11-10-12-19-36;/h10-32,35H,1-9H3;/q-3;. The zero-order chi connectivity index (χ0) is 41.3. The van der Waals surface area contributed by atoms with Gasteiger partial charge in [-0.25, -0.2) is 4.98 Å². The fraction of sp³-hybridized carbons (Fsp3) is 0.222. The molecule has 0 saturated carbocycles. The first-order valence-corrected chi connectivity index (χ1v) is 20.5. The van der Waals surface area contributed by atoms with Crippen molar-refractivity contribution in [3.8, 4) is 28.4 Å². The van der Waals surface area contributed by atoms with E-state index in [4.69, 9.17) is 9.72 Å². The predicted octanol–water partition coefficient (Wildman–Crippen LogP) is 14.5. The number of benzene rings is 6. The Labute approximate surface area is 369 Å². The summed E-state index contributed by atoms with van der Waals surface area (Å²) in [6.07, 6.45) is 1.90. The molecule has 306 valence electrons. The van der Waals surface area contributed by atoms with Gasteiger partial charge in [0, 0.05) is 61.3 Å². The van der Waals surface area contributed by atoms with Crippen molar-refractivity contribution >= 4 is 44.6 Å². The van der Waals surface area contributed by atoms with Crippen LogP contribution in [0.3, 0.4) is 0 Å². The zero-order valence-corrected chi connectivity index (χ0v) is 38.1. The monoisotopic (exact) mass is 966 g/mol. The van der Waals surface area contributed by atoms with Crippen LogP contribution in [0.15, 0.2) is 140 Å². The number of hydrogen-bond acceptors (Lipinski definition) is 4. The van der Waals surface area contributed by atoms with E-state index in [0.29, 0.717) is 11.5 Å². The largest absolute Gasteiger partial charge is 0.509 e. The van der Waals surface area contributed by atoms with Crippen LogP contribution in [0.2, 0.25) is 0 Å². The third-order valence-electron chi connectivity index (χ3n) is 11.3. The number of para-hydroxylation sites is 3. The quantitative estimate of drug-likeness (QED) is 0.156. The summed E-state index contributed by atoms with van der Waals surface area (Å²) in [6, 6.07) is 54.4. The molecule has 1 aliphatic rings. The normalized spacial score (nSPS) is 13.2. The third-order valence-corrected chi connectivity index (χ3v) is 11.3. The molecule has 5 nitrogen and oxygen atoms in total. The Kier molecular flexibility index (Phi) is 10.6. The molecule has 1 aliphatic heterocycles. The minimum Gasteiger partial charge on any atom is -0.509 e. The second kappa shape index (κ2) is 15.4. The molecule has 2 aromatic heterocycles. The number of ether oxygens (including phenoxy) is 1. The maximum atomic E-state index is 6.63. The maximum Gasteiger partial charge on any atom is 0.135 e. The van der Waals surface area contributed by atoms with E-state index in [1.165, 1.54) is 33.5 Å². The van der Waals surface area contributed by atoms with E-state index >= 15 is 0 Å². The SMILES string of the molecule is CC(C)(C)c1ccnc(-n2c3[c-]c(Oc4[c-]c(N5[CH-]N(c6c(C(C)(C)C)cc(-c7ccccc7)cc6C(C)(C)C)c6ccccc65)ccc4)ccc3c3ccccc32)c1.[Pt]. The van der Waals surface area contributed by atoms with Gasteiger partial charge >= 0.3 is 0 Å². The molecule has 60 heavy (non-hydrogen) atoms. The summed E-state index contributed by atoms with van der Waals surface area (Å²) in [4.78, 5) is 9.46. The van der Waals surface area contributed by atoms with Crippen LogP contribution in [0.1, 0.15) is 79.0 Å². The van der Waals surface area contributed by atoms with Gasteiger partial charge in [-0.1, -0.05) is 128 Å². The summed E-state index contributed by atoms with van der Waals surface area (Å²) < 4.78 is 8.83. The Morgan fingerprint density at radius 2 is 1.18 bits per heavy atom. The van der Waals surface area contributed by atoms with Gasteiger partial charge in [0.25, 0.3) is 0 Å². The van der Waals surface area contributed by atoms with Crippen molar-refractivity contribution in [2.45, 2.75) is 78.6 Å². The molecule has 0 N–H and O–H groups in total. The molecule has 0 spiro atoms. The Hall–Kier alpha value is -5.64. The molecule has 0 bridgehead atoms. The molecule has 0 unspecified atom stereocenters. The van der Waals surface area contributed by atoms with Gasteiger partial charge in [0.15, 0.2) is 0 Å². The van der Waals surface area contributed by atoms with Crippen molar-refractivity contribution in [2.24, 2.45) is 0 Å². The predicted molar refractivity (Wildman–Crippen MR) is 246 cm³/mol. The van der Waals surface area contributed by atoms with E-state index in [1.54, 1.807) is 0 Å². The van der Waals surface area contributed by atoms with Crippen LogP contribution < -0.4 is 14.5 Å². The molecule has 0 radical (unpaired) electrons. The molecule has 9 rings (SSSR count). The molecule has 0 atom stereocenters. The summed E-state index contributed by atoms with van der Waals surface area (Å²) in [7, 11) is 0. The summed E-state index contributed by atoms with van der Waals surface area (Å²) in [5.74, 6) is 2.07. The molecule has 0 amide bonds. The van der Waals surface area contributed by atoms with Crippen molar-refractivity contribution in [3.05, 3.63) is 175 Å². The van der Waals surface area contributed by atoms with Crippen molar-refractivity contribution in [3.63, 3.8) is 0 Å². The number of rotatable bonds is 6. The van der Waals surface area contributed by atoms with Gasteiger partial charge in [-0.15, -0.1) is 48.1 Å². The number of fused-ring (bicyclic) bond motifs is 4.